The second kappa shape index (κ2) is 7.31. The summed E-state index contributed by atoms with van der Waals surface area (Å²) < 4.78 is 5.21. The zero-order valence-electron chi connectivity index (χ0n) is 14.6. The van der Waals surface area contributed by atoms with Gasteiger partial charge < -0.3 is 4.52 Å². The first-order valence-electron chi connectivity index (χ1n) is 8.25. The Kier molecular flexibility index (Phi) is 4.93. The molecule has 0 saturated heterocycles. The van der Waals surface area contributed by atoms with Gasteiger partial charge in [0.15, 0.2) is 5.78 Å². The maximum Gasteiger partial charge on any atom is 0.269 e. The van der Waals surface area contributed by atoms with Gasteiger partial charge in [0.2, 0.25) is 0 Å². The van der Waals surface area contributed by atoms with Crippen LogP contribution in [0.25, 0.3) is 11.3 Å². The van der Waals surface area contributed by atoms with Gasteiger partial charge in [-0.15, -0.1) is 0 Å². The number of nitro benzene ring substituents is 1. The van der Waals surface area contributed by atoms with Crippen LogP contribution < -0.4 is 0 Å². The Bertz CT molecular complexity index is 941. The van der Waals surface area contributed by atoms with Crippen molar-refractivity contribution in [3.05, 3.63) is 81.1 Å². The third-order valence-corrected chi connectivity index (χ3v) is 4.25. The van der Waals surface area contributed by atoms with Crippen LogP contribution in [0.1, 0.15) is 33.7 Å². The van der Waals surface area contributed by atoms with Crippen LogP contribution in [-0.4, -0.2) is 15.9 Å². The Morgan fingerprint density at radius 3 is 2.35 bits per heavy atom. The van der Waals surface area contributed by atoms with E-state index >= 15 is 0 Å². The average Bonchev–Trinajstić information content (AvgIpc) is 3.02. The Hall–Kier alpha value is -3.28. The molecule has 0 atom stereocenters. The van der Waals surface area contributed by atoms with Gasteiger partial charge in [-0.25, -0.2) is 0 Å². The van der Waals surface area contributed by atoms with Crippen molar-refractivity contribution in [2.75, 3.05) is 0 Å². The summed E-state index contributed by atoms with van der Waals surface area (Å²) in [6.07, 6.45) is 0.967. The second-order valence-corrected chi connectivity index (χ2v) is 6.18. The number of benzene rings is 2. The Labute approximate surface area is 150 Å². The van der Waals surface area contributed by atoms with Crippen LogP contribution in [0.15, 0.2) is 53.1 Å². The smallest absolute Gasteiger partial charge is 0.269 e. The Morgan fingerprint density at radius 2 is 1.73 bits per heavy atom. The summed E-state index contributed by atoms with van der Waals surface area (Å²) in [6, 6.07) is 14.0. The van der Waals surface area contributed by atoms with Gasteiger partial charge in [-0.3, -0.25) is 14.9 Å². The largest absolute Gasteiger partial charge is 0.360 e. The predicted octanol–water partition coefficient (Wildman–Crippen LogP) is 4.68. The van der Waals surface area contributed by atoms with E-state index in [-0.39, 0.29) is 11.5 Å². The number of hydrogen-bond donors (Lipinski definition) is 0. The minimum Gasteiger partial charge on any atom is -0.360 e. The minimum atomic E-state index is -0.467. The molecule has 2 aromatic carbocycles. The number of nitrogens with zero attached hydrogens (tertiary/aromatic N) is 2. The summed E-state index contributed by atoms with van der Waals surface area (Å²) in [4.78, 5) is 23.0. The number of non-ortho nitro benzene ring substituents is 1. The van der Waals surface area contributed by atoms with Crippen molar-refractivity contribution in [2.45, 2.75) is 26.7 Å². The van der Waals surface area contributed by atoms with E-state index in [1.54, 1.807) is 19.1 Å². The molecule has 0 spiro atoms. The minimum absolute atomic E-state index is 0.0128. The van der Waals surface area contributed by atoms with Crippen molar-refractivity contribution in [3.8, 4) is 11.3 Å². The fraction of sp³-hybridized carbons (Fsp3) is 0.200. The topological polar surface area (TPSA) is 86.2 Å². The molecule has 0 saturated carbocycles. The first kappa shape index (κ1) is 17.5. The quantitative estimate of drug-likeness (QED) is 0.366. The van der Waals surface area contributed by atoms with Crippen molar-refractivity contribution < 1.29 is 14.2 Å². The van der Waals surface area contributed by atoms with Crippen molar-refractivity contribution in [1.29, 1.82) is 0 Å². The number of carbonyl (C=O) groups excluding carboxylic acids is 1. The highest BCUT2D eigenvalue weighted by atomic mass is 16.6. The number of nitro groups is 1. The van der Waals surface area contributed by atoms with E-state index in [1.807, 2.05) is 31.2 Å². The molecule has 0 aliphatic carbocycles. The van der Waals surface area contributed by atoms with Gasteiger partial charge in [-0.05, 0) is 38.0 Å². The van der Waals surface area contributed by atoms with Crippen molar-refractivity contribution in [3.63, 3.8) is 0 Å². The molecule has 0 N–H and O–H groups in total. The molecule has 26 heavy (non-hydrogen) atoms. The molecule has 1 aromatic heterocycles. The third-order valence-electron chi connectivity index (χ3n) is 4.25. The van der Waals surface area contributed by atoms with Gasteiger partial charge in [0, 0.05) is 24.1 Å². The maximum atomic E-state index is 12.7. The first-order chi connectivity index (χ1) is 12.5. The van der Waals surface area contributed by atoms with E-state index in [0.29, 0.717) is 35.4 Å². The standard InChI is InChI=1S/C20H18N2O4/c1-13-3-5-15(6-4-13)7-12-18(23)19-14(2)26-21-20(19)16-8-10-17(11-9-16)22(24)25/h3-6,8-11H,7,12H2,1-2H3. The van der Waals surface area contributed by atoms with Crippen LogP contribution in [0, 0.1) is 24.0 Å². The number of hydrogen-bond acceptors (Lipinski definition) is 5. The number of aryl methyl sites for hydroxylation is 3. The Balaban J connectivity index is 1.81. The van der Waals surface area contributed by atoms with Crippen molar-refractivity contribution in [1.82, 2.24) is 5.16 Å². The highest BCUT2D eigenvalue weighted by Gasteiger charge is 2.21. The van der Waals surface area contributed by atoms with Gasteiger partial charge in [-0.2, -0.15) is 0 Å². The zero-order chi connectivity index (χ0) is 18.7. The van der Waals surface area contributed by atoms with Crippen LogP contribution in [0.4, 0.5) is 5.69 Å². The van der Waals surface area contributed by atoms with Gasteiger partial charge in [-0.1, -0.05) is 35.0 Å². The molecule has 3 rings (SSSR count). The van der Waals surface area contributed by atoms with E-state index in [4.69, 9.17) is 4.52 Å². The predicted molar refractivity (Wildman–Crippen MR) is 97.2 cm³/mol. The highest BCUT2D eigenvalue weighted by Crippen LogP contribution is 2.28. The van der Waals surface area contributed by atoms with E-state index in [9.17, 15) is 14.9 Å². The third kappa shape index (κ3) is 3.69. The van der Waals surface area contributed by atoms with Crippen LogP contribution in [0.2, 0.25) is 0 Å². The van der Waals surface area contributed by atoms with Crippen LogP contribution in [0.5, 0.6) is 0 Å². The normalized spacial score (nSPS) is 10.7. The lowest BCUT2D eigenvalue weighted by Crippen LogP contribution is -2.04. The molecule has 0 aliphatic rings. The van der Waals surface area contributed by atoms with Gasteiger partial charge in [0.25, 0.3) is 5.69 Å². The van der Waals surface area contributed by atoms with E-state index in [0.717, 1.165) is 5.56 Å². The van der Waals surface area contributed by atoms with Gasteiger partial charge in [0.05, 0.1) is 10.5 Å². The number of carbonyl (C=O) groups is 1. The molecule has 0 bridgehead atoms. The molecule has 0 fully saturated rings. The zero-order valence-corrected chi connectivity index (χ0v) is 14.6. The highest BCUT2D eigenvalue weighted by molar-refractivity contribution is 6.02. The first-order valence-corrected chi connectivity index (χ1v) is 8.25. The van der Waals surface area contributed by atoms with E-state index in [2.05, 4.69) is 5.16 Å². The summed E-state index contributed by atoms with van der Waals surface area (Å²) in [5, 5.41) is 14.8. The SMILES string of the molecule is Cc1ccc(CCC(=O)c2c(-c3ccc([N+](=O)[O-])cc3)noc2C)cc1. The van der Waals surface area contributed by atoms with Gasteiger partial charge in [0.1, 0.15) is 11.5 Å². The lowest BCUT2D eigenvalue weighted by molar-refractivity contribution is -0.384. The molecule has 6 nitrogen and oxygen atoms in total. The Morgan fingerprint density at radius 1 is 1.08 bits per heavy atom. The molecule has 1 heterocycles. The van der Waals surface area contributed by atoms with Crippen molar-refractivity contribution in [2.24, 2.45) is 0 Å². The summed E-state index contributed by atoms with van der Waals surface area (Å²) in [5.41, 5.74) is 3.73. The van der Waals surface area contributed by atoms with E-state index in [1.165, 1.54) is 17.7 Å². The molecular weight excluding hydrogens is 332 g/mol. The molecule has 3 aromatic rings. The number of rotatable bonds is 6. The average molecular weight is 350 g/mol. The summed E-state index contributed by atoms with van der Waals surface area (Å²) >= 11 is 0. The molecule has 0 radical (unpaired) electrons. The number of ketones is 1. The lowest BCUT2D eigenvalue weighted by atomic mass is 9.98. The second-order valence-electron chi connectivity index (χ2n) is 6.18. The summed E-state index contributed by atoms with van der Waals surface area (Å²) in [5.74, 6) is 0.393. The molecule has 6 heteroatoms. The fourth-order valence-corrected chi connectivity index (χ4v) is 2.78. The number of aromatic nitrogens is 1. The summed E-state index contributed by atoms with van der Waals surface area (Å²) in [6.45, 7) is 3.72. The van der Waals surface area contributed by atoms with Crippen molar-refractivity contribution >= 4 is 11.5 Å². The van der Waals surface area contributed by atoms with E-state index < -0.39 is 4.92 Å². The number of Topliss-reactive ketones (excluding diaryl/α,β-unsaturated/α-hetero) is 1. The molecule has 0 amide bonds. The lowest BCUT2D eigenvalue weighted by Gasteiger charge is -2.04. The molecule has 0 aliphatic heterocycles. The molecule has 132 valence electrons. The summed E-state index contributed by atoms with van der Waals surface area (Å²) in [7, 11) is 0. The molecule has 0 unspecified atom stereocenters. The fourth-order valence-electron chi connectivity index (χ4n) is 2.78. The maximum absolute atomic E-state index is 12.7. The monoisotopic (exact) mass is 350 g/mol. The van der Waals surface area contributed by atoms with Crippen LogP contribution in [0.3, 0.4) is 0 Å². The molecular formula is C20H18N2O4. The van der Waals surface area contributed by atoms with Crippen LogP contribution >= 0.6 is 0 Å². The van der Waals surface area contributed by atoms with Gasteiger partial charge >= 0.3 is 0 Å². The van der Waals surface area contributed by atoms with Crippen LogP contribution in [-0.2, 0) is 6.42 Å².